The molecule has 2 saturated heterocycles. The molecule has 0 atom stereocenters. The quantitative estimate of drug-likeness (QED) is 0.878. The monoisotopic (exact) mass is 273 g/mol. The van der Waals surface area contributed by atoms with Crippen LogP contribution in [0.15, 0.2) is 18.2 Å². The van der Waals surface area contributed by atoms with Crippen LogP contribution in [-0.4, -0.2) is 61.7 Å². The van der Waals surface area contributed by atoms with Crippen molar-refractivity contribution in [3.05, 3.63) is 29.3 Å². The molecule has 4 nitrogen and oxygen atoms in total. The van der Waals surface area contributed by atoms with Gasteiger partial charge in [0.15, 0.2) is 0 Å². The number of hydrogen-bond donors (Lipinski definition) is 1. The highest BCUT2D eigenvalue weighted by atomic mass is 16.5. The van der Waals surface area contributed by atoms with Gasteiger partial charge in [-0.25, -0.2) is 0 Å². The SMILES string of the molecule is c1cc2c(cc1CN1CCN(C3CNC3)CC1)CCO2. The van der Waals surface area contributed by atoms with E-state index in [2.05, 4.69) is 33.3 Å². The van der Waals surface area contributed by atoms with Gasteiger partial charge in [0.25, 0.3) is 0 Å². The number of benzene rings is 1. The Labute approximate surface area is 120 Å². The van der Waals surface area contributed by atoms with Crippen molar-refractivity contribution in [3.63, 3.8) is 0 Å². The van der Waals surface area contributed by atoms with Crippen molar-refractivity contribution in [2.75, 3.05) is 45.9 Å². The maximum Gasteiger partial charge on any atom is 0.122 e. The first-order valence-corrected chi connectivity index (χ1v) is 7.80. The molecule has 3 aliphatic rings. The Morgan fingerprint density at radius 2 is 2.00 bits per heavy atom. The molecule has 4 heteroatoms. The largest absolute Gasteiger partial charge is 0.493 e. The first kappa shape index (κ1) is 12.6. The summed E-state index contributed by atoms with van der Waals surface area (Å²) >= 11 is 0. The Kier molecular flexibility index (Phi) is 3.38. The minimum absolute atomic E-state index is 0.800. The van der Waals surface area contributed by atoms with E-state index in [1.54, 1.807) is 0 Å². The maximum atomic E-state index is 5.58. The molecule has 20 heavy (non-hydrogen) atoms. The summed E-state index contributed by atoms with van der Waals surface area (Å²) in [5.74, 6) is 1.09. The maximum absolute atomic E-state index is 5.58. The highest BCUT2D eigenvalue weighted by Gasteiger charge is 2.27. The number of piperazine rings is 1. The van der Waals surface area contributed by atoms with Crippen LogP contribution in [0.25, 0.3) is 0 Å². The van der Waals surface area contributed by atoms with Gasteiger partial charge in [-0.3, -0.25) is 9.80 Å². The molecule has 0 unspecified atom stereocenters. The topological polar surface area (TPSA) is 27.7 Å². The van der Waals surface area contributed by atoms with Crippen LogP contribution in [0.5, 0.6) is 5.75 Å². The molecule has 3 aliphatic heterocycles. The van der Waals surface area contributed by atoms with Crippen LogP contribution in [-0.2, 0) is 13.0 Å². The molecule has 2 fully saturated rings. The third-order valence-corrected chi connectivity index (χ3v) is 4.84. The number of rotatable bonds is 3. The van der Waals surface area contributed by atoms with Crippen LogP contribution in [0.4, 0.5) is 0 Å². The molecule has 4 rings (SSSR count). The molecule has 0 aliphatic carbocycles. The number of fused-ring (bicyclic) bond motifs is 1. The van der Waals surface area contributed by atoms with Gasteiger partial charge < -0.3 is 10.1 Å². The van der Waals surface area contributed by atoms with Gasteiger partial charge in [-0.2, -0.15) is 0 Å². The summed E-state index contributed by atoms with van der Waals surface area (Å²) < 4.78 is 5.58. The van der Waals surface area contributed by atoms with Crippen molar-refractivity contribution in [3.8, 4) is 5.75 Å². The second-order valence-electron chi connectivity index (χ2n) is 6.16. The minimum Gasteiger partial charge on any atom is -0.493 e. The van der Waals surface area contributed by atoms with Crippen LogP contribution in [0.1, 0.15) is 11.1 Å². The Morgan fingerprint density at radius 1 is 1.15 bits per heavy atom. The molecule has 1 aromatic carbocycles. The summed E-state index contributed by atoms with van der Waals surface area (Å²) in [4.78, 5) is 5.23. The van der Waals surface area contributed by atoms with Crippen molar-refractivity contribution in [1.82, 2.24) is 15.1 Å². The highest BCUT2D eigenvalue weighted by Crippen LogP contribution is 2.26. The van der Waals surface area contributed by atoms with Crippen molar-refractivity contribution in [2.24, 2.45) is 0 Å². The third-order valence-electron chi connectivity index (χ3n) is 4.84. The van der Waals surface area contributed by atoms with Gasteiger partial charge >= 0.3 is 0 Å². The molecule has 1 aromatic rings. The van der Waals surface area contributed by atoms with Crippen LogP contribution in [0, 0.1) is 0 Å². The van der Waals surface area contributed by atoms with Gasteiger partial charge in [-0.15, -0.1) is 0 Å². The lowest BCUT2D eigenvalue weighted by atomic mass is 10.1. The fraction of sp³-hybridized carbons (Fsp3) is 0.625. The molecular formula is C16H23N3O. The summed E-state index contributed by atoms with van der Waals surface area (Å²) in [5.41, 5.74) is 2.83. The van der Waals surface area contributed by atoms with Gasteiger partial charge in [0.05, 0.1) is 6.61 Å². The van der Waals surface area contributed by atoms with Gasteiger partial charge in [-0.05, 0) is 17.2 Å². The normalized spacial score (nSPS) is 24.2. The summed E-state index contributed by atoms with van der Waals surface area (Å²) in [7, 11) is 0. The predicted octanol–water partition coefficient (Wildman–Crippen LogP) is 0.711. The molecule has 1 N–H and O–H groups in total. The van der Waals surface area contributed by atoms with E-state index in [9.17, 15) is 0 Å². The van der Waals surface area contributed by atoms with Crippen LogP contribution >= 0.6 is 0 Å². The van der Waals surface area contributed by atoms with E-state index in [0.29, 0.717) is 0 Å². The van der Waals surface area contributed by atoms with Crippen LogP contribution < -0.4 is 10.1 Å². The average molecular weight is 273 g/mol. The lowest BCUT2D eigenvalue weighted by molar-refractivity contribution is 0.0695. The van der Waals surface area contributed by atoms with Crippen LogP contribution in [0.2, 0.25) is 0 Å². The molecule has 0 radical (unpaired) electrons. The summed E-state index contributed by atoms with van der Waals surface area (Å²) in [6.45, 7) is 9.15. The van der Waals surface area contributed by atoms with Gasteiger partial charge in [-0.1, -0.05) is 12.1 Å². The van der Waals surface area contributed by atoms with E-state index in [1.165, 1.54) is 50.4 Å². The molecule has 0 amide bonds. The second kappa shape index (κ2) is 5.35. The highest BCUT2D eigenvalue weighted by molar-refractivity contribution is 5.39. The lowest BCUT2D eigenvalue weighted by Crippen LogP contribution is -2.61. The van der Waals surface area contributed by atoms with Crippen molar-refractivity contribution in [1.29, 1.82) is 0 Å². The van der Waals surface area contributed by atoms with E-state index < -0.39 is 0 Å². The summed E-state index contributed by atoms with van der Waals surface area (Å²) in [5, 5.41) is 3.37. The average Bonchev–Trinajstić information content (AvgIpc) is 2.86. The smallest absolute Gasteiger partial charge is 0.122 e. The second-order valence-corrected chi connectivity index (χ2v) is 6.16. The summed E-state index contributed by atoms with van der Waals surface area (Å²) in [6.07, 6.45) is 1.08. The van der Waals surface area contributed by atoms with Gasteiger partial charge in [0.1, 0.15) is 5.75 Å². The molecular weight excluding hydrogens is 250 g/mol. The molecule has 0 saturated carbocycles. The molecule has 108 valence electrons. The van der Waals surface area contributed by atoms with Crippen molar-refractivity contribution in [2.45, 2.75) is 19.0 Å². The predicted molar refractivity (Wildman–Crippen MR) is 79.1 cm³/mol. The van der Waals surface area contributed by atoms with E-state index in [1.807, 2.05) is 0 Å². The minimum atomic E-state index is 0.800. The number of nitrogens with one attached hydrogen (secondary N) is 1. The fourth-order valence-corrected chi connectivity index (χ4v) is 3.41. The Morgan fingerprint density at radius 3 is 2.75 bits per heavy atom. The van der Waals surface area contributed by atoms with E-state index >= 15 is 0 Å². The van der Waals surface area contributed by atoms with Crippen LogP contribution in [0.3, 0.4) is 0 Å². The third kappa shape index (κ3) is 2.43. The number of nitrogens with zero attached hydrogens (tertiary/aromatic N) is 2. The Balaban J connectivity index is 1.33. The Bertz CT molecular complexity index is 479. The number of hydrogen-bond acceptors (Lipinski definition) is 4. The fourth-order valence-electron chi connectivity index (χ4n) is 3.41. The van der Waals surface area contributed by atoms with Gasteiger partial charge in [0, 0.05) is 58.3 Å². The van der Waals surface area contributed by atoms with E-state index in [4.69, 9.17) is 4.74 Å². The first-order valence-electron chi connectivity index (χ1n) is 7.80. The molecule has 0 aromatic heterocycles. The zero-order chi connectivity index (χ0) is 13.4. The Hall–Kier alpha value is -1.10. The zero-order valence-electron chi connectivity index (χ0n) is 12.0. The van der Waals surface area contributed by atoms with Crippen molar-refractivity contribution < 1.29 is 4.74 Å². The lowest BCUT2D eigenvalue weighted by Gasteiger charge is -2.43. The molecule has 0 bridgehead atoms. The molecule has 0 spiro atoms. The van der Waals surface area contributed by atoms with Gasteiger partial charge in [0.2, 0.25) is 0 Å². The van der Waals surface area contributed by atoms with E-state index in [0.717, 1.165) is 31.4 Å². The zero-order valence-corrected chi connectivity index (χ0v) is 12.0. The first-order chi connectivity index (χ1) is 9.88. The van der Waals surface area contributed by atoms with Crippen molar-refractivity contribution >= 4 is 0 Å². The number of ether oxygens (including phenoxy) is 1. The summed E-state index contributed by atoms with van der Waals surface area (Å²) in [6, 6.07) is 7.51. The van der Waals surface area contributed by atoms with E-state index in [-0.39, 0.29) is 0 Å². The molecule has 3 heterocycles. The standard InChI is InChI=1S/C16H23N3O/c1-2-16-14(3-8-20-16)9-13(1)12-18-4-6-19(7-5-18)15-10-17-11-15/h1-2,9,15,17H,3-8,10-12H2.